The first-order chi connectivity index (χ1) is 9.20. The number of hydrogen-bond donors (Lipinski definition) is 0. The lowest BCUT2D eigenvalue weighted by Crippen LogP contribution is -2.18. The van der Waals surface area contributed by atoms with Crippen molar-refractivity contribution >= 4 is 5.78 Å². The number of aromatic nitrogens is 2. The lowest BCUT2D eigenvalue weighted by molar-refractivity contribution is -0.173. The predicted molar refractivity (Wildman–Crippen MR) is 63.1 cm³/mol. The molecule has 114 valence electrons. The summed E-state index contributed by atoms with van der Waals surface area (Å²) < 4.78 is 45.0. The summed E-state index contributed by atoms with van der Waals surface area (Å²) in [6.45, 7) is 3.66. The van der Waals surface area contributed by atoms with Gasteiger partial charge in [0.05, 0.1) is 12.5 Å². The van der Waals surface area contributed by atoms with Gasteiger partial charge < -0.3 is 9.26 Å². The van der Waals surface area contributed by atoms with Crippen LogP contribution in [0, 0.1) is 5.92 Å². The van der Waals surface area contributed by atoms with Crippen LogP contribution in [0.4, 0.5) is 13.2 Å². The number of hydrogen-bond acceptors (Lipinski definition) is 5. The fourth-order valence-electron chi connectivity index (χ4n) is 1.78. The molecule has 0 saturated carbocycles. The van der Waals surface area contributed by atoms with Crippen LogP contribution in [0.15, 0.2) is 4.52 Å². The Morgan fingerprint density at radius 1 is 1.40 bits per heavy atom. The van der Waals surface area contributed by atoms with Crippen LogP contribution < -0.4 is 0 Å². The molecule has 0 N–H and O–H groups in total. The highest BCUT2D eigenvalue weighted by molar-refractivity contribution is 5.82. The molecule has 0 saturated heterocycles. The SMILES string of the molecule is CC(=O)C(c1nc(CCOCC(F)(F)F)no1)C(C)C. The molecule has 0 spiro atoms. The van der Waals surface area contributed by atoms with E-state index in [-0.39, 0.29) is 36.4 Å². The van der Waals surface area contributed by atoms with Gasteiger partial charge in [0, 0.05) is 6.42 Å². The van der Waals surface area contributed by atoms with E-state index < -0.39 is 18.7 Å². The van der Waals surface area contributed by atoms with Crippen LogP contribution in [0.2, 0.25) is 0 Å². The first-order valence-electron chi connectivity index (χ1n) is 6.18. The number of nitrogens with zero attached hydrogens (tertiary/aromatic N) is 2. The van der Waals surface area contributed by atoms with Crippen molar-refractivity contribution < 1.29 is 27.2 Å². The second kappa shape index (κ2) is 6.83. The minimum atomic E-state index is -4.35. The predicted octanol–water partition coefficient (Wildman–Crippen LogP) is 2.52. The van der Waals surface area contributed by atoms with Crippen LogP contribution in [0.25, 0.3) is 0 Å². The summed E-state index contributed by atoms with van der Waals surface area (Å²) in [6, 6.07) is 0. The molecule has 1 heterocycles. The zero-order valence-electron chi connectivity index (χ0n) is 11.5. The van der Waals surface area contributed by atoms with E-state index in [0.29, 0.717) is 0 Å². The maximum absolute atomic E-state index is 11.9. The Morgan fingerprint density at radius 2 is 2.05 bits per heavy atom. The Labute approximate surface area is 114 Å². The molecule has 1 atom stereocenters. The van der Waals surface area contributed by atoms with Crippen molar-refractivity contribution in [2.75, 3.05) is 13.2 Å². The van der Waals surface area contributed by atoms with E-state index in [1.165, 1.54) is 6.92 Å². The van der Waals surface area contributed by atoms with Gasteiger partial charge in [-0.3, -0.25) is 4.79 Å². The standard InChI is InChI=1S/C12H17F3N2O3/c1-7(2)10(8(3)18)11-16-9(17-20-11)4-5-19-6-12(13,14)15/h7,10H,4-6H2,1-3H3. The molecule has 0 fully saturated rings. The van der Waals surface area contributed by atoms with Crippen LogP contribution in [0.1, 0.15) is 38.4 Å². The van der Waals surface area contributed by atoms with Crippen molar-refractivity contribution in [3.8, 4) is 0 Å². The van der Waals surface area contributed by atoms with E-state index in [0.717, 1.165) is 0 Å². The minimum absolute atomic E-state index is 0.00211. The zero-order chi connectivity index (χ0) is 15.3. The van der Waals surface area contributed by atoms with Gasteiger partial charge in [0.2, 0.25) is 5.89 Å². The molecule has 0 aliphatic rings. The molecule has 1 unspecified atom stereocenters. The molecule has 8 heteroatoms. The summed E-state index contributed by atoms with van der Waals surface area (Å²) in [5, 5.41) is 3.64. The van der Waals surface area contributed by atoms with Crippen LogP contribution in [-0.2, 0) is 16.0 Å². The van der Waals surface area contributed by atoms with E-state index in [2.05, 4.69) is 14.9 Å². The molecule has 0 radical (unpaired) electrons. The Hall–Kier alpha value is -1.44. The fraction of sp³-hybridized carbons (Fsp3) is 0.750. The summed E-state index contributed by atoms with van der Waals surface area (Å²) >= 11 is 0. The number of Topliss-reactive ketones (excluding diaryl/α,β-unsaturated/α-hetero) is 1. The molecule has 5 nitrogen and oxygen atoms in total. The van der Waals surface area contributed by atoms with Gasteiger partial charge in [-0.15, -0.1) is 0 Å². The van der Waals surface area contributed by atoms with Gasteiger partial charge in [-0.2, -0.15) is 18.2 Å². The number of ketones is 1. The van der Waals surface area contributed by atoms with Gasteiger partial charge in [0.25, 0.3) is 0 Å². The number of alkyl halides is 3. The van der Waals surface area contributed by atoms with Gasteiger partial charge in [-0.05, 0) is 12.8 Å². The second-order valence-corrected chi connectivity index (χ2v) is 4.80. The maximum Gasteiger partial charge on any atom is 0.411 e. The van der Waals surface area contributed by atoms with Crippen LogP contribution in [0.3, 0.4) is 0 Å². The number of carbonyl (C=O) groups excluding carboxylic acids is 1. The van der Waals surface area contributed by atoms with E-state index in [1.807, 2.05) is 13.8 Å². The Bertz CT molecular complexity index is 443. The van der Waals surface area contributed by atoms with E-state index in [4.69, 9.17) is 4.52 Å². The molecular formula is C12H17F3N2O3. The van der Waals surface area contributed by atoms with Crippen molar-refractivity contribution in [1.82, 2.24) is 10.1 Å². The zero-order valence-corrected chi connectivity index (χ0v) is 11.5. The number of carbonyl (C=O) groups is 1. The average Bonchev–Trinajstić information content (AvgIpc) is 2.70. The number of rotatable bonds is 7. The Balaban J connectivity index is 2.53. The lowest BCUT2D eigenvalue weighted by Gasteiger charge is -2.12. The molecule has 0 bridgehead atoms. The number of halogens is 3. The van der Waals surface area contributed by atoms with Crippen LogP contribution >= 0.6 is 0 Å². The lowest BCUT2D eigenvalue weighted by atomic mass is 9.92. The van der Waals surface area contributed by atoms with Crippen LogP contribution in [0.5, 0.6) is 0 Å². The highest BCUT2D eigenvalue weighted by Gasteiger charge is 2.28. The van der Waals surface area contributed by atoms with E-state index in [1.54, 1.807) is 0 Å². The van der Waals surface area contributed by atoms with Crippen molar-refractivity contribution in [1.29, 1.82) is 0 Å². The maximum atomic E-state index is 11.9. The monoisotopic (exact) mass is 294 g/mol. The Kier molecular flexibility index (Phi) is 5.67. The first-order valence-corrected chi connectivity index (χ1v) is 6.18. The van der Waals surface area contributed by atoms with Crippen molar-refractivity contribution in [2.45, 2.75) is 39.3 Å². The third-order valence-electron chi connectivity index (χ3n) is 2.59. The smallest absolute Gasteiger partial charge is 0.372 e. The molecule has 0 aromatic carbocycles. The normalized spacial score (nSPS) is 13.8. The molecule has 0 aliphatic heterocycles. The number of ether oxygens (including phenoxy) is 1. The molecule has 1 aromatic rings. The van der Waals surface area contributed by atoms with Crippen LogP contribution in [-0.4, -0.2) is 35.3 Å². The van der Waals surface area contributed by atoms with Gasteiger partial charge in [-0.25, -0.2) is 0 Å². The van der Waals surface area contributed by atoms with Gasteiger partial charge in [-0.1, -0.05) is 19.0 Å². The summed E-state index contributed by atoms with van der Waals surface area (Å²) in [7, 11) is 0. The molecule has 1 rings (SSSR count). The quantitative estimate of drug-likeness (QED) is 0.723. The summed E-state index contributed by atoms with van der Waals surface area (Å²) in [4.78, 5) is 15.5. The summed E-state index contributed by atoms with van der Waals surface area (Å²) in [6.07, 6.45) is -4.25. The highest BCUT2D eigenvalue weighted by atomic mass is 19.4. The molecule has 1 aromatic heterocycles. The van der Waals surface area contributed by atoms with Gasteiger partial charge in [0.1, 0.15) is 12.4 Å². The Morgan fingerprint density at radius 3 is 2.55 bits per heavy atom. The van der Waals surface area contributed by atoms with Gasteiger partial charge >= 0.3 is 6.18 Å². The third kappa shape index (κ3) is 5.28. The average molecular weight is 294 g/mol. The topological polar surface area (TPSA) is 65.2 Å². The third-order valence-corrected chi connectivity index (χ3v) is 2.59. The van der Waals surface area contributed by atoms with E-state index >= 15 is 0 Å². The van der Waals surface area contributed by atoms with E-state index in [9.17, 15) is 18.0 Å². The van der Waals surface area contributed by atoms with Crippen molar-refractivity contribution in [3.63, 3.8) is 0 Å². The fourth-order valence-corrected chi connectivity index (χ4v) is 1.78. The van der Waals surface area contributed by atoms with Gasteiger partial charge in [0.15, 0.2) is 5.82 Å². The van der Waals surface area contributed by atoms with Crippen molar-refractivity contribution in [3.05, 3.63) is 11.7 Å². The second-order valence-electron chi connectivity index (χ2n) is 4.80. The van der Waals surface area contributed by atoms with Crippen molar-refractivity contribution in [2.24, 2.45) is 5.92 Å². The summed E-state index contributed by atoms with van der Waals surface area (Å²) in [5.41, 5.74) is 0. The molecule has 0 aliphatic carbocycles. The minimum Gasteiger partial charge on any atom is -0.372 e. The molecular weight excluding hydrogens is 277 g/mol. The largest absolute Gasteiger partial charge is 0.411 e. The molecule has 0 amide bonds. The first kappa shape index (κ1) is 16.6. The molecule has 20 heavy (non-hydrogen) atoms. The highest BCUT2D eigenvalue weighted by Crippen LogP contribution is 2.23. The summed E-state index contributed by atoms with van der Waals surface area (Å²) in [5.74, 6) is -0.162.